The molecule has 1 aliphatic heterocycles. The minimum Gasteiger partial charge on any atom is -0.456 e. The number of ether oxygens (including phenoxy) is 5. The second-order valence-corrected chi connectivity index (χ2v) is 20.8. The van der Waals surface area contributed by atoms with E-state index < -0.39 is 113 Å². The molecule has 75 heavy (non-hydrogen) atoms. The maximum absolute atomic E-state index is 16.0. The summed E-state index contributed by atoms with van der Waals surface area (Å²) in [5, 5.41) is 50.5. The van der Waals surface area contributed by atoms with Crippen LogP contribution in [0.1, 0.15) is 105 Å². The number of ketones is 1. The van der Waals surface area contributed by atoms with Crippen LogP contribution in [0, 0.1) is 16.7 Å². The number of aliphatic hydroxyl groups is 3. The van der Waals surface area contributed by atoms with E-state index in [2.05, 4.69) is 21.3 Å². The van der Waals surface area contributed by atoms with Crippen LogP contribution in [-0.4, -0.2) is 145 Å². The highest BCUT2D eigenvalue weighted by molar-refractivity contribution is 5.96. The molecule has 3 aromatic carbocycles. The molecular weight excluding hydrogens is 967 g/mol. The second kappa shape index (κ2) is 24.3. The quantitative estimate of drug-likeness (QED) is 0.0309. The smallest absolute Gasteiger partial charge is 0.408 e. The van der Waals surface area contributed by atoms with Gasteiger partial charge in [-0.15, -0.1) is 0 Å². The Hall–Kier alpha value is -6.06. The Balaban J connectivity index is 1.28. The molecule has 9 N–H and O–H groups in total. The highest BCUT2D eigenvalue weighted by Crippen LogP contribution is 2.64. The number of unbranched alkanes of at least 4 members (excludes halogenated alkanes) is 1. The molecule has 19 nitrogen and oxygen atoms in total. The molecule has 2 saturated carbocycles. The fraction of sp³-hybridized carbons (Fsp3) is 0.536. The molecule has 0 spiro atoms. The van der Waals surface area contributed by atoms with Crippen molar-refractivity contribution in [1.82, 2.24) is 21.3 Å². The van der Waals surface area contributed by atoms with E-state index in [4.69, 9.17) is 29.4 Å². The van der Waals surface area contributed by atoms with Crippen LogP contribution >= 0.6 is 0 Å². The average molecular weight is 1040 g/mol. The third kappa shape index (κ3) is 11.7. The fourth-order valence-electron chi connectivity index (χ4n) is 11.5. The molecule has 2 unspecified atom stereocenters. The van der Waals surface area contributed by atoms with Gasteiger partial charge in [-0.2, -0.15) is 0 Å². The summed E-state index contributed by atoms with van der Waals surface area (Å²) in [7, 11) is 0. The minimum atomic E-state index is -2.44. The van der Waals surface area contributed by atoms with E-state index >= 15 is 4.79 Å². The van der Waals surface area contributed by atoms with Crippen LogP contribution in [0.25, 0.3) is 0 Å². The summed E-state index contributed by atoms with van der Waals surface area (Å²) in [6.07, 6.45) is -8.53. The van der Waals surface area contributed by atoms with Crippen LogP contribution in [0.3, 0.4) is 0 Å². The number of benzene rings is 3. The molecule has 0 aromatic heterocycles. The van der Waals surface area contributed by atoms with Gasteiger partial charge in [0.25, 0.3) is 5.91 Å². The number of esters is 3. The standard InChI is InChI=1S/C56H73N5O14/c1-34-39(72-51(68)44(64)43(36-19-9-6-10-20-36)61-49(66)37-21-11-7-12-22-37)32-56(70)48(74-50(67)38-23-13-8-14-24-38)46-54(5,40(63)31-41-55(46,33-71-41)75-35(2)62)47(65)45(42(34)53(56,3)4)73-52(69)60-30-18-29-59-27-16-15-26-58-28-17-25-57/h6-14,19-24,39-41,43-46,48,58-59,63-64,70H,15-18,25-33,57H2,1-5H3,(H,60,69)(H,61,66)/t39-,40-,41+,43-,44+,45+,46?,48?,54+,55-,56+/m0/s1. The number of hydrogen-bond acceptors (Lipinski definition) is 17. The van der Waals surface area contributed by atoms with Gasteiger partial charge >= 0.3 is 24.0 Å². The number of nitrogens with two attached hydrogens (primary N) is 1. The molecule has 11 atom stereocenters. The topological polar surface area (TPSA) is 283 Å². The maximum Gasteiger partial charge on any atom is 0.408 e. The minimum absolute atomic E-state index is 0.0268. The van der Waals surface area contributed by atoms with Crippen molar-refractivity contribution in [3.8, 4) is 0 Å². The zero-order chi connectivity index (χ0) is 54.1. The number of aliphatic hydroxyl groups excluding tert-OH is 2. The van der Waals surface area contributed by atoms with Crippen molar-refractivity contribution in [2.45, 2.75) is 127 Å². The number of Topliss-reactive ketones (excluding diaryl/α,β-unsaturated/α-hetero) is 1. The lowest BCUT2D eigenvalue weighted by atomic mass is 9.44. The molecule has 7 rings (SSSR count). The second-order valence-electron chi connectivity index (χ2n) is 20.8. The zero-order valence-corrected chi connectivity index (χ0v) is 43.4. The molecule has 3 aliphatic carbocycles. The predicted molar refractivity (Wildman–Crippen MR) is 274 cm³/mol. The summed E-state index contributed by atoms with van der Waals surface area (Å²) in [4.78, 5) is 86.0. The Morgan fingerprint density at radius 2 is 1.39 bits per heavy atom. The van der Waals surface area contributed by atoms with Crippen molar-refractivity contribution in [1.29, 1.82) is 0 Å². The number of carbonyl (C=O) groups excluding carboxylic acids is 6. The highest BCUT2D eigenvalue weighted by atomic mass is 16.6. The molecule has 2 bridgehead atoms. The molecule has 2 amide bonds. The maximum atomic E-state index is 16.0. The van der Waals surface area contributed by atoms with E-state index in [9.17, 15) is 39.3 Å². The summed E-state index contributed by atoms with van der Waals surface area (Å²) < 4.78 is 31.0. The third-order valence-electron chi connectivity index (χ3n) is 15.7. The summed E-state index contributed by atoms with van der Waals surface area (Å²) in [6.45, 7) is 10.8. The van der Waals surface area contributed by atoms with E-state index in [1.54, 1.807) is 92.7 Å². The van der Waals surface area contributed by atoms with E-state index in [-0.39, 0.29) is 41.8 Å². The Morgan fingerprint density at radius 1 is 0.800 bits per heavy atom. The van der Waals surface area contributed by atoms with Crippen molar-refractivity contribution < 1.29 is 67.8 Å². The van der Waals surface area contributed by atoms with Crippen molar-refractivity contribution >= 4 is 35.7 Å². The average Bonchev–Trinajstić information content (AvgIpc) is 3.43. The van der Waals surface area contributed by atoms with Gasteiger partial charge in [-0.3, -0.25) is 14.4 Å². The fourth-order valence-corrected chi connectivity index (χ4v) is 11.5. The van der Waals surface area contributed by atoms with Crippen molar-refractivity contribution in [2.24, 2.45) is 22.5 Å². The van der Waals surface area contributed by atoms with E-state index in [0.29, 0.717) is 25.1 Å². The van der Waals surface area contributed by atoms with Gasteiger partial charge in [-0.25, -0.2) is 14.4 Å². The van der Waals surface area contributed by atoms with Crippen LogP contribution in [0.5, 0.6) is 0 Å². The number of amides is 2. The number of carbonyl (C=O) groups is 6. The van der Waals surface area contributed by atoms with Crippen LogP contribution < -0.4 is 27.0 Å². The molecule has 0 radical (unpaired) electrons. The first-order chi connectivity index (χ1) is 35.8. The van der Waals surface area contributed by atoms with Gasteiger partial charge in [0.15, 0.2) is 23.6 Å². The van der Waals surface area contributed by atoms with Gasteiger partial charge in [0.1, 0.15) is 23.9 Å². The van der Waals surface area contributed by atoms with Gasteiger partial charge in [0, 0.05) is 37.3 Å². The highest BCUT2D eigenvalue weighted by Gasteiger charge is 2.78. The molecule has 3 fully saturated rings. The van der Waals surface area contributed by atoms with Crippen LogP contribution in [0.4, 0.5) is 4.79 Å². The van der Waals surface area contributed by atoms with E-state index in [1.165, 1.54) is 26.0 Å². The number of alkyl carbamates (subject to hydrolysis) is 1. The van der Waals surface area contributed by atoms with Crippen LogP contribution in [0.2, 0.25) is 0 Å². The number of fused-ring (bicyclic) bond motifs is 5. The van der Waals surface area contributed by atoms with Crippen LogP contribution in [0.15, 0.2) is 102 Å². The van der Waals surface area contributed by atoms with Gasteiger partial charge in [0.05, 0.1) is 35.6 Å². The molecule has 406 valence electrons. The SMILES string of the molecule is CC(=O)O[C@@]12CO[C@@H]1C[C@H](O)[C@@]1(C)C(=O)[C@H](OC(=O)NCCCNCCCCNCCCN)C3=C(C)[C@@H](OC(=O)[C@H](O)[C@@H](NC(=O)c4ccccc4)c4ccccc4)C[C@@](O)(C(OC(=O)c4ccccc4)C12)C3(C)C. The van der Waals surface area contributed by atoms with E-state index in [1.807, 2.05) is 0 Å². The Kier molecular flexibility index (Phi) is 18.4. The first-order valence-electron chi connectivity index (χ1n) is 25.9. The summed E-state index contributed by atoms with van der Waals surface area (Å²) in [6, 6.07) is 23.0. The third-order valence-corrected chi connectivity index (χ3v) is 15.7. The predicted octanol–water partition coefficient (Wildman–Crippen LogP) is 3.60. The number of hydrogen-bond donors (Lipinski definition) is 8. The van der Waals surface area contributed by atoms with Crippen molar-refractivity contribution in [3.05, 3.63) is 119 Å². The van der Waals surface area contributed by atoms with Crippen molar-refractivity contribution in [2.75, 3.05) is 45.9 Å². The van der Waals surface area contributed by atoms with Crippen LogP contribution in [-0.2, 0) is 38.1 Å². The van der Waals surface area contributed by atoms with E-state index in [0.717, 1.165) is 45.8 Å². The number of nitrogens with one attached hydrogen (secondary N) is 4. The molecule has 1 heterocycles. The summed E-state index contributed by atoms with van der Waals surface area (Å²) in [5.41, 5.74) is -1.73. The lowest BCUT2D eigenvalue weighted by Gasteiger charge is -2.67. The first-order valence-corrected chi connectivity index (χ1v) is 25.9. The Bertz CT molecular complexity index is 2530. The molecule has 1 saturated heterocycles. The molecule has 3 aromatic rings. The van der Waals surface area contributed by atoms with Gasteiger partial charge in [-0.1, -0.05) is 80.6 Å². The largest absolute Gasteiger partial charge is 0.456 e. The van der Waals surface area contributed by atoms with Crippen molar-refractivity contribution in [3.63, 3.8) is 0 Å². The molecule has 19 heteroatoms. The Morgan fingerprint density at radius 3 is 1.97 bits per heavy atom. The monoisotopic (exact) mass is 1040 g/mol. The normalized spacial score (nSPS) is 28.4. The lowest BCUT2D eigenvalue weighted by molar-refractivity contribution is -0.345. The first kappa shape index (κ1) is 56.7. The van der Waals surface area contributed by atoms with Gasteiger partial charge < -0.3 is 66.0 Å². The molecule has 4 aliphatic rings. The Labute approximate surface area is 437 Å². The number of rotatable bonds is 22. The lowest BCUT2D eigenvalue weighted by Crippen LogP contribution is -2.82. The zero-order valence-electron chi connectivity index (χ0n) is 43.4. The molecular formula is C56H73N5O14. The summed E-state index contributed by atoms with van der Waals surface area (Å²) in [5.74, 6) is -6.05. The summed E-state index contributed by atoms with van der Waals surface area (Å²) >= 11 is 0. The van der Waals surface area contributed by atoms with Gasteiger partial charge in [-0.05, 0) is 113 Å². The van der Waals surface area contributed by atoms with Gasteiger partial charge in [0.2, 0.25) is 0 Å².